The van der Waals surface area contributed by atoms with Crippen molar-refractivity contribution in [3.05, 3.63) is 83.6 Å². The molecular weight excluding hydrogens is 370 g/mol. The highest BCUT2D eigenvalue weighted by Crippen LogP contribution is 2.22. The number of hydrogen-bond donors (Lipinski definition) is 1. The number of benzene rings is 2. The number of carbonyl (C=O) groups excluding carboxylic acids is 1. The molecule has 4 nitrogen and oxygen atoms in total. The third-order valence-electron chi connectivity index (χ3n) is 5.23. The first-order chi connectivity index (χ1) is 13.7. The van der Waals surface area contributed by atoms with E-state index in [9.17, 15) is 4.79 Å². The zero-order chi connectivity index (χ0) is 19.3. The Kier molecular flexibility index (Phi) is 5.79. The molecule has 1 aliphatic heterocycles. The molecule has 28 heavy (non-hydrogen) atoms. The van der Waals surface area contributed by atoms with Gasteiger partial charge in [-0.05, 0) is 73.5 Å². The molecule has 1 atom stereocenters. The molecule has 1 N–H and O–H groups in total. The molecule has 1 saturated heterocycles. The summed E-state index contributed by atoms with van der Waals surface area (Å²) in [6, 6.07) is 19.9. The van der Waals surface area contributed by atoms with Crippen LogP contribution in [0.25, 0.3) is 5.69 Å². The Bertz CT molecular complexity index is 904. The number of hydrogen-bond acceptors (Lipinski definition) is 2. The second-order valence-corrected chi connectivity index (χ2v) is 7.76. The number of anilines is 1. The lowest BCUT2D eigenvalue weighted by Gasteiger charge is -2.32. The normalized spacial score (nSPS) is 17.4. The summed E-state index contributed by atoms with van der Waals surface area (Å²) in [5.74, 6) is 0.110. The van der Waals surface area contributed by atoms with Gasteiger partial charge in [-0.2, -0.15) is 0 Å². The molecule has 2 heterocycles. The molecule has 1 aromatic heterocycles. The number of nitrogens with one attached hydrogen (secondary N) is 1. The van der Waals surface area contributed by atoms with E-state index in [0.717, 1.165) is 43.9 Å². The Labute approximate surface area is 170 Å². The molecule has 1 aliphatic rings. The fourth-order valence-corrected chi connectivity index (χ4v) is 3.86. The first-order valence-corrected chi connectivity index (χ1v) is 10.1. The third kappa shape index (κ3) is 4.64. The van der Waals surface area contributed by atoms with E-state index in [1.165, 1.54) is 5.56 Å². The Morgan fingerprint density at radius 3 is 2.46 bits per heavy atom. The number of halogens is 1. The van der Waals surface area contributed by atoms with Gasteiger partial charge in [0, 0.05) is 41.9 Å². The van der Waals surface area contributed by atoms with Gasteiger partial charge in [0.15, 0.2) is 0 Å². The second-order valence-electron chi connectivity index (χ2n) is 7.33. The maximum Gasteiger partial charge on any atom is 0.228 e. The largest absolute Gasteiger partial charge is 0.326 e. The minimum atomic E-state index is 0.0172. The van der Waals surface area contributed by atoms with Gasteiger partial charge in [-0.25, -0.2) is 0 Å². The van der Waals surface area contributed by atoms with Crippen molar-refractivity contribution in [1.82, 2.24) is 9.47 Å². The van der Waals surface area contributed by atoms with Crippen LogP contribution in [0.2, 0.25) is 5.02 Å². The summed E-state index contributed by atoms with van der Waals surface area (Å²) in [6.45, 7) is 2.69. The van der Waals surface area contributed by atoms with Gasteiger partial charge in [-0.15, -0.1) is 0 Å². The second kappa shape index (κ2) is 8.63. The summed E-state index contributed by atoms with van der Waals surface area (Å²) in [6.07, 6.45) is 6.07. The van der Waals surface area contributed by atoms with Gasteiger partial charge < -0.3 is 9.88 Å². The Hall–Kier alpha value is -2.56. The van der Waals surface area contributed by atoms with Crippen LogP contribution in [-0.2, 0) is 11.3 Å². The van der Waals surface area contributed by atoms with Crippen LogP contribution in [0.1, 0.15) is 18.4 Å². The van der Waals surface area contributed by atoms with E-state index in [0.29, 0.717) is 5.02 Å². The SMILES string of the molecule is O=C(Nc1ccc(Cl)cc1)C1CCCN(Cc2ccc(-n3cccc3)cc2)C1. The molecule has 2 aromatic carbocycles. The van der Waals surface area contributed by atoms with Crippen molar-refractivity contribution in [2.45, 2.75) is 19.4 Å². The maximum atomic E-state index is 12.7. The highest BCUT2D eigenvalue weighted by Gasteiger charge is 2.25. The van der Waals surface area contributed by atoms with Crippen LogP contribution in [0.4, 0.5) is 5.69 Å². The first-order valence-electron chi connectivity index (χ1n) is 9.68. The van der Waals surface area contributed by atoms with E-state index in [1.807, 2.05) is 36.7 Å². The van der Waals surface area contributed by atoms with E-state index >= 15 is 0 Å². The summed E-state index contributed by atoms with van der Waals surface area (Å²) in [7, 11) is 0. The highest BCUT2D eigenvalue weighted by molar-refractivity contribution is 6.30. The fraction of sp³-hybridized carbons (Fsp3) is 0.261. The monoisotopic (exact) mass is 393 g/mol. The predicted molar refractivity (Wildman–Crippen MR) is 114 cm³/mol. The van der Waals surface area contributed by atoms with Crippen molar-refractivity contribution in [1.29, 1.82) is 0 Å². The van der Waals surface area contributed by atoms with Crippen LogP contribution in [0.5, 0.6) is 0 Å². The van der Waals surface area contributed by atoms with Gasteiger partial charge in [0.25, 0.3) is 0 Å². The topological polar surface area (TPSA) is 37.3 Å². The van der Waals surface area contributed by atoms with Crippen molar-refractivity contribution < 1.29 is 4.79 Å². The number of piperidine rings is 1. The van der Waals surface area contributed by atoms with Crippen molar-refractivity contribution >= 4 is 23.2 Å². The maximum absolute atomic E-state index is 12.7. The third-order valence-corrected chi connectivity index (χ3v) is 5.49. The lowest BCUT2D eigenvalue weighted by atomic mass is 9.96. The molecule has 0 spiro atoms. The minimum Gasteiger partial charge on any atom is -0.326 e. The molecule has 0 radical (unpaired) electrons. The predicted octanol–water partition coefficient (Wildman–Crippen LogP) is 4.98. The van der Waals surface area contributed by atoms with E-state index < -0.39 is 0 Å². The molecule has 1 fully saturated rings. The zero-order valence-electron chi connectivity index (χ0n) is 15.7. The number of likely N-dealkylation sites (tertiary alicyclic amines) is 1. The molecule has 4 rings (SSSR count). The summed E-state index contributed by atoms with van der Waals surface area (Å²) < 4.78 is 2.10. The van der Waals surface area contributed by atoms with Crippen LogP contribution in [-0.4, -0.2) is 28.5 Å². The summed E-state index contributed by atoms with van der Waals surface area (Å²) >= 11 is 5.91. The van der Waals surface area contributed by atoms with Gasteiger partial charge in [-0.1, -0.05) is 23.7 Å². The Morgan fingerprint density at radius 2 is 1.75 bits per heavy atom. The van der Waals surface area contributed by atoms with Crippen LogP contribution in [0.15, 0.2) is 73.1 Å². The number of aromatic nitrogens is 1. The number of amides is 1. The highest BCUT2D eigenvalue weighted by atomic mass is 35.5. The first kappa shape index (κ1) is 18.8. The van der Waals surface area contributed by atoms with Gasteiger partial charge >= 0.3 is 0 Å². The van der Waals surface area contributed by atoms with E-state index in [4.69, 9.17) is 11.6 Å². The number of rotatable bonds is 5. The van der Waals surface area contributed by atoms with E-state index in [2.05, 4.69) is 39.0 Å². The molecular formula is C23H24ClN3O. The van der Waals surface area contributed by atoms with Crippen molar-refractivity contribution in [3.63, 3.8) is 0 Å². The smallest absolute Gasteiger partial charge is 0.228 e. The summed E-state index contributed by atoms with van der Waals surface area (Å²) in [5, 5.41) is 3.69. The van der Waals surface area contributed by atoms with Crippen LogP contribution < -0.4 is 5.32 Å². The summed E-state index contributed by atoms with van der Waals surface area (Å²) in [4.78, 5) is 15.0. The van der Waals surface area contributed by atoms with Gasteiger partial charge in [0.05, 0.1) is 5.92 Å². The molecule has 5 heteroatoms. The fourth-order valence-electron chi connectivity index (χ4n) is 3.73. The van der Waals surface area contributed by atoms with Gasteiger partial charge in [0.2, 0.25) is 5.91 Å². The molecule has 0 saturated carbocycles. The summed E-state index contributed by atoms with van der Waals surface area (Å²) in [5.41, 5.74) is 3.23. The lowest BCUT2D eigenvalue weighted by Crippen LogP contribution is -2.40. The molecule has 0 bridgehead atoms. The molecule has 0 aliphatic carbocycles. The van der Waals surface area contributed by atoms with Gasteiger partial charge in [-0.3, -0.25) is 9.69 Å². The van der Waals surface area contributed by atoms with E-state index in [-0.39, 0.29) is 11.8 Å². The standard InChI is InChI=1S/C23H24ClN3O/c24-20-7-9-21(10-8-20)25-23(28)19-4-3-13-26(17-19)16-18-5-11-22(12-6-18)27-14-1-2-15-27/h1-2,5-12,14-15,19H,3-4,13,16-17H2,(H,25,28). The molecule has 1 unspecified atom stereocenters. The van der Waals surface area contributed by atoms with Crippen molar-refractivity contribution in [2.75, 3.05) is 18.4 Å². The van der Waals surface area contributed by atoms with Crippen LogP contribution in [0.3, 0.4) is 0 Å². The Morgan fingerprint density at radius 1 is 1.04 bits per heavy atom. The quantitative estimate of drug-likeness (QED) is 0.663. The average Bonchev–Trinajstić information content (AvgIpc) is 3.25. The molecule has 144 valence electrons. The van der Waals surface area contributed by atoms with Crippen LogP contribution >= 0.6 is 11.6 Å². The number of nitrogens with zero attached hydrogens (tertiary/aromatic N) is 2. The van der Waals surface area contributed by atoms with Crippen LogP contribution in [0, 0.1) is 5.92 Å². The van der Waals surface area contributed by atoms with Crippen molar-refractivity contribution in [3.8, 4) is 5.69 Å². The lowest BCUT2D eigenvalue weighted by molar-refractivity contribution is -0.121. The average molecular weight is 394 g/mol. The van der Waals surface area contributed by atoms with Gasteiger partial charge in [0.1, 0.15) is 0 Å². The molecule has 3 aromatic rings. The molecule has 1 amide bonds. The minimum absolute atomic E-state index is 0.0172. The van der Waals surface area contributed by atoms with Crippen molar-refractivity contribution in [2.24, 2.45) is 5.92 Å². The van der Waals surface area contributed by atoms with E-state index in [1.54, 1.807) is 12.1 Å². The Balaban J connectivity index is 1.34. The number of carbonyl (C=O) groups is 1. The zero-order valence-corrected chi connectivity index (χ0v) is 16.5.